The minimum Gasteiger partial charge on any atom is -0.469 e. The van der Waals surface area contributed by atoms with Crippen LogP contribution in [0.25, 0.3) is 0 Å². The van der Waals surface area contributed by atoms with Crippen molar-refractivity contribution in [1.29, 1.82) is 0 Å². The molecule has 1 heterocycles. The third kappa shape index (κ3) is 4.77. The fourth-order valence-corrected chi connectivity index (χ4v) is 4.12. The molecule has 0 aromatic rings. The summed E-state index contributed by atoms with van der Waals surface area (Å²) in [7, 11) is -0.0664. The molecule has 0 aliphatic carbocycles. The predicted octanol–water partition coefficient (Wildman–Crippen LogP) is 0.611. The second kappa shape index (κ2) is 6.11. The summed E-state index contributed by atoms with van der Waals surface area (Å²) in [5.74, 6) is -0.317. The summed E-state index contributed by atoms with van der Waals surface area (Å²) < 4.78 is 27.5. The Balaban J connectivity index is 2.60. The number of carbonyl (C=O) groups excluding carboxylic acids is 2. The van der Waals surface area contributed by atoms with Crippen LogP contribution in [0.3, 0.4) is 0 Å². The van der Waals surface area contributed by atoms with Gasteiger partial charge in [0.15, 0.2) is 9.84 Å². The van der Waals surface area contributed by atoms with E-state index < -0.39 is 15.3 Å². The molecule has 116 valence electrons. The minimum atomic E-state index is -3.01. The molecule has 1 fully saturated rings. The first-order chi connectivity index (χ1) is 9.06. The van der Waals surface area contributed by atoms with Gasteiger partial charge in [-0.15, -0.1) is 0 Å². The average Bonchev–Trinajstić information content (AvgIpc) is 2.67. The van der Waals surface area contributed by atoms with Crippen LogP contribution in [0.15, 0.2) is 0 Å². The lowest BCUT2D eigenvalue weighted by Crippen LogP contribution is -2.40. The van der Waals surface area contributed by atoms with Gasteiger partial charge < -0.3 is 9.64 Å². The smallest absolute Gasteiger partial charge is 0.306 e. The first-order valence-corrected chi connectivity index (χ1v) is 8.41. The summed E-state index contributed by atoms with van der Waals surface area (Å²) in [5, 5.41) is 0. The molecule has 0 aromatic carbocycles. The highest BCUT2D eigenvalue weighted by Gasteiger charge is 2.35. The number of hydrogen-bond acceptors (Lipinski definition) is 5. The Kier molecular flexibility index (Phi) is 5.18. The molecule has 1 aliphatic rings. The number of esters is 1. The maximum atomic E-state index is 12.2. The topological polar surface area (TPSA) is 80.8 Å². The lowest BCUT2D eigenvalue weighted by Gasteiger charge is -2.29. The van der Waals surface area contributed by atoms with Crippen molar-refractivity contribution >= 4 is 21.7 Å². The highest BCUT2D eigenvalue weighted by molar-refractivity contribution is 7.91. The monoisotopic (exact) mass is 305 g/mol. The van der Waals surface area contributed by atoms with Gasteiger partial charge in [-0.1, -0.05) is 13.8 Å². The van der Waals surface area contributed by atoms with Crippen molar-refractivity contribution in [2.45, 2.75) is 39.2 Å². The first kappa shape index (κ1) is 16.9. The fraction of sp³-hybridized carbons (Fsp3) is 0.846. The minimum absolute atomic E-state index is 0.0344. The first-order valence-electron chi connectivity index (χ1n) is 6.59. The SMILES string of the molecule is COC(=O)CC(C)(C)CC(=O)N(C)C1CCS(=O)(=O)C1. The van der Waals surface area contributed by atoms with Gasteiger partial charge in [0.2, 0.25) is 5.91 Å². The summed E-state index contributed by atoms with van der Waals surface area (Å²) in [5.41, 5.74) is -0.504. The third-order valence-corrected chi connectivity index (χ3v) is 5.38. The molecule has 20 heavy (non-hydrogen) atoms. The van der Waals surface area contributed by atoms with Crippen molar-refractivity contribution in [3.8, 4) is 0 Å². The van der Waals surface area contributed by atoms with E-state index in [-0.39, 0.29) is 42.3 Å². The quantitative estimate of drug-likeness (QED) is 0.695. The van der Waals surface area contributed by atoms with Gasteiger partial charge in [-0.3, -0.25) is 9.59 Å². The number of nitrogens with zero attached hydrogens (tertiary/aromatic N) is 1. The zero-order valence-corrected chi connectivity index (χ0v) is 13.3. The normalized spacial score (nSPS) is 21.5. The van der Waals surface area contributed by atoms with Crippen molar-refractivity contribution in [1.82, 2.24) is 4.90 Å². The van der Waals surface area contributed by atoms with E-state index in [2.05, 4.69) is 4.74 Å². The lowest BCUT2D eigenvalue weighted by atomic mass is 9.85. The molecule has 0 bridgehead atoms. The summed E-state index contributed by atoms with van der Waals surface area (Å²) in [4.78, 5) is 25.0. The number of rotatable bonds is 5. The van der Waals surface area contributed by atoms with Crippen LogP contribution < -0.4 is 0 Å². The highest BCUT2D eigenvalue weighted by atomic mass is 32.2. The molecule has 7 heteroatoms. The number of methoxy groups -OCH3 is 1. The van der Waals surface area contributed by atoms with Gasteiger partial charge in [0.1, 0.15) is 0 Å². The van der Waals surface area contributed by atoms with Gasteiger partial charge in [0.25, 0.3) is 0 Å². The number of amides is 1. The van der Waals surface area contributed by atoms with E-state index in [9.17, 15) is 18.0 Å². The zero-order chi connectivity index (χ0) is 15.6. The maximum absolute atomic E-state index is 12.2. The fourth-order valence-electron chi connectivity index (χ4n) is 2.34. The molecule has 1 atom stereocenters. The summed E-state index contributed by atoms with van der Waals surface area (Å²) >= 11 is 0. The van der Waals surface area contributed by atoms with Crippen LogP contribution in [0, 0.1) is 5.41 Å². The van der Waals surface area contributed by atoms with Gasteiger partial charge in [-0.2, -0.15) is 0 Å². The van der Waals surface area contributed by atoms with E-state index in [0.29, 0.717) is 6.42 Å². The Morgan fingerprint density at radius 3 is 2.35 bits per heavy atom. The molecular formula is C13H23NO5S. The lowest BCUT2D eigenvalue weighted by molar-refractivity contribution is -0.144. The summed E-state index contributed by atoms with van der Waals surface area (Å²) in [6, 6.07) is -0.249. The van der Waals surface area contributed by atoms with Crippen molar-refractivity contribution < 1.29 is 22.7 Å². The predicted molar refractivity (Wildman–Crippen MR) is 74.9 cm³/mol. The van der Waals surface area contributed by atoms with Crippen molar-refractivity contribution in [2.75, 3.05) is 25.7 Å². The maximum Gasteiger partial charge on any atom is 0.306 e. The third-order valence-electron chi connectivity index (χ3n) is 3.63. The van der Waals surface area contributed by atoms with Crippen molar-refractivity contribution in [3.63, 3.8) is 0 Å². The van der Waals surface area contributed by atoms with Crippen molar-refractivity contribution in [3.05, 3.63) is 0 Å². The Morgan fingerprint density at radius 1 is 1.30 bits per heavy atom. The van der Waals surface area contributed by atoms with Gasteiger partial charge in [-0.25, -0.2) is 8.42 Å². The standard InChI is InChI=1S/C13H23NO5S/c1-13(2,8-12(16)19-4)7-11(15)14(3)10-5-6-20(17,18)9-10/h10H,5-9H2,1-4H3. The molecule has 1 saturated heterocycles. The van der Waals surface area contributed by atoms with E-state index in [1.807, 2.05) is 13.8 Å². The molecule has 1 unspecified atom stereocenters. The van der Waals surface area contributed by atoms with Crippen LogP contribution in [0.4, 0.5) is 0 Å². The van der Waals surface area contributed by atoms with Crippen LogP contribution in [0.1, 0.15) is 33.1 Å². The van der Waals surface area contributed by atoms with E-state index in [0.717, 1.165) is 0 Å². The van der Waals surface area contributed by atoms with Gasteiger partial charge in [-0.05, 0) is 11.8 Å². The van der Waals surface area contributed by atoms with E-state index >= 15 is 0 Å². The van der Waals surface area contributed by atoms with Gasteiger partial charge in [0, 0.05) is 19.5 Å². The molecule has 0 N–H and O–H groups in total. The summed E-state index contributed by atoms with van der Waals surface area (Å²) in [6.07, 6.45) is 0.837. The number of hydrogen-bond donors (Lipinski definition) is 0. The van der Waals surface area contributed by atoms with Gasteiger partial charge in [0.05, 0.1) is 25.0 Å². The largest absolute Gasteiger partial charge is 0.469 e. The molecule has 1 aliphatic heterocycles. The number of ether oxygens (including phenoxy) is 1. The summed E-state index contributed by atoms with van der Waals surface area (Å²) in [6.45, 7) is 3.64. The van der Waals surface area contributed by atoms with Crippen LogP contribution in [-0.2, 0) is 24.2 Å². The van der Waals surface area contributed by atoms with Crippen molar-refractivity contribution in [2.24, 2.45) is 5.41 Å². The molecule has 0 aromatic heterocycles. The van der Waals surface area contributed by atoms with Crippen LogP contribution in [0.2, 0.25) is 0 Å². The Bertz CT molecular complexity index is 483. The second-order valence-electron chi connectivity index (χ2n) is 6.16. The Hall–Kier alpha value is -1.11. The molecule has 0 spiro atoms. The van der Waals surface area contributed by atoms with Crippen LogP contribution in [0.5, 0.6) is 0 Å². The Labute approximate surface area is 120 Å². The zero-order valence-electron chi connectivity index (χ0n) is 12.5. The molecule has 1 amide bonds. The average molecular weight is 305 g/mol. The molecule has 0 saturated carbocycles. The van der Waals surface area contributed by atoms with E-state index in [1.54, 1.807) is 7.05 Å². The van der Waals surface area contributed by atoms with E-state index in [1.165, 1.54) is 12.0 Å². The van der Waals surface area contributed by atoms with Crippen LogP contribution in [-0.4, -0.2) is 56.9 Å². The van der Waals surface area contributed by atoms with Crippen LogP contribution >= 0.6 is 0 Å². The molecular weight excluding hydrogens is 282 g/mol. The highest BCUT2D eigenvalue weighted by Crippen LogP contribution is 2.27. The van der Waals surface area contributed by atoms with Gasteiger partial charge >= 0.3 is 5.97 Å². The Morgan fingerprint density at radius 2 is 1.90 bits per heavy atom. The van der Waals surface area contributed by atoms with E-state index in [4.69, 9.17) is 0 Å². The molecule has 1 rings (SSSR count). The molecule has 6 nitrogen and oxygen atoms in total. The second-order valence-corrected chi connectivity index (χ2v) is 8.38. The molecule has 0 radical (unpaired) electrons. The number of carbonyl (C=O) groups is 2. The number of sulfone groups is 1.